The van der Waals surface area contributed by atoms with Gasteiger partial charge in [0.2, 0.25) is 0 Å². The van der Waals surface area contributed by atoms with E-state index in [1.165, 1.54) is 0 Å². The van der Waals surface area contributed by atoms with Crippen molar-refractivity contribution in [3.8, 4) is 11.5 Å². The minimum atomic E-state index is -0.950. The van der Waals surface area contributed by atoms with Crippen LogP contribution in [-0.2, 0) is 11.3 Å². The topological polar surface area (TPSA) is 59.0 Å². The molecule has 0 saturated heterocycles. The average molecular weight is 267 g/mol. The van der Waals surface area contributed by atoms with Crippen LogP contribution in [-0.4, -0.2) is 42.8 Å². The highest BCUT2D eigenvalue weighted by Gasteiger charge is 2.32. The number of para-hydroxylation sites is 1. The minimum Gasteiger partial charge on any atom is -0.493 e. The summed E-state index contributed by atoms with van der Waals surface area (Å²) in [6.45, 7) is 3.80. The number of hydrogen-bond acceptors (Lipinski definition) is 4. The first kappa shape index (κ1) is 15.3. The number of carboxylic acids is 1. The molecule has 19 heavy (non-hydrogen) atoms. The number of rotatable bonds is 6. The lowest BCUT2D eigenvalue weighted by molar-refractivity contribution is -0.148. The van der Waals surface area contributed by atoms with Gasteiger partial charge < -0.3 is 14.6 Å². The van der Waals surface area contributed by atoms with Gasteiger partial charge in [-0.1, -0.05) is 12.1 Å². The Balaban J connectivity index is 3.03. The lowest BCUT2D eigenvalue weighted by atomic mass is 10.0. The Bertz CT molecular complexity index is 457. The zero-order chi connectivity index (χ0) is 14.6. The van der Waals surface area contributed by atoms with Gasteiger partial charge in [0.25, 0.3) is 0 Å². The minimum absolute atomic E-state index is 0.458. The molecule has 5 nitrogen and oxygen atoms in total. The first-order valence-electron chi connectivity index (χ1n) is 5.99. The van der Waals surface area contributed by atoms with Gasteiger partial charge in [-0.3, -0.25) is 9.69 Å². The molecule has 1 rings (SSSR count). The Labute approximate surface area is 113 Å². The van der Waals surface area contributed by atoms with E-state index in [1.807, 2.05) is 18.2 Å². The largest absolute Gasteiger partial charge is 0.493 e. The van der Waals surface area contributed by atoms with E-state index in [9.17, 15) is 9.90 Å². The van der Waals surface area contributed by atoms with Gasteiger partial charge in [-0.05, 0) is 27.0 Å². The van der Waals surface area contributed by atoms with Gasteiger partial charge in [0.15, 0.2) is 11.5 Å². The smallest absolute Gasteiger partial charge is 0.323 e. The van der Waals surface area contributed by atoms with Gasteiger partial charge in [-0.25, -0.2) is 0 Å². The highest BCUT2D eigenvalue weighted by Crippen LogP contribution is 2.32. The number of carbonyl (C=O) groups is 1. The van der Waals surface area contributed by atoms with Gasteiger partial charge >= 0.3 is 5.97 Å². The van der Waals surface area contributed by atoms with E-state index in [0.29, 0.717) is 18.0 Å². The van der Waals surface area contributed by atoms with E-state index in [4.69, 9.17) is 9.47 Å². The van der Waals surface area contributed by atoms with Crippen molar-refractivity contribution >= 4 is 5.97 Å². The van der Waals surface area contributed by atoms with E-state index >= 15 is 0 Å². The third-order valence-corrected chi connectivity index (χ3v) is 3.37. The Morgan fingerprint density at radius 2 is 1.95 bits per heavy atom. The normalized spacial score (nSPS) is 11.5. The maximum Gasteiger partial charge on any atom is 0.323 e. The maximum absolute atomic E-state index is 11.2. The van der Waals surface area contributed by atoms with E-state index in [0.717, 1.165) is 5.56 Å². The summed E-state index contributed by atoms with van der Waals surface area (Å²) in [5.41, 5.74) is -0.0626. The molecular formula is C14H21NO4. The molecule has 0 amide bonds. The highest BCUT2D eigenvalue weighted by atomic mass is 16.5. The first-order chi connectivity index (χ1) is 8.84. The van der Waals surface area contributed by atoms with Crippen molar-refractivity contribution < 1.29 is 19.4 Å². The van der Waals surface area contributed by atoms with Gasteiger partial charge in [0.1, 0.15) is 5.54 Å². The Kier molecular flexibility index (Phi) is 4.78. The number of methoxy groups -OCH3 is 2. The number of aliphatic carboxylic acids is 1. The van der Waals surface area contributed by atoms with Crippen molar-refractivity contribution in [3.63, 3.8) is 0 Å². The summed E-state index contributed by atoms with van der Waals surface area (Å²) >= 11 is 0. The molecule has 0 atom stereocenters. The summed E-state index contributed by atoms with van der Waals surface area (Å²) in [6, 6.07) is 5.57. The van der Waals surface area contributed by atoms with Crippen LogP contribution in [0.1, 0.15) is 19.4 Å². The zero-order valence-electron chi connectivity index (χ0n) is 12.1. The Morgan fingerprint density at radius 1 is 1.32 bits per heavy atom. The number of nitrogens with zero attached hydrogens (tertiary/aromatic N) is 1. The molecule has 106 valence electrons. The Morgan fingerprint density at radius 3 is 2.42 bits per heavy atom. The summed E-state index contributed by atoms with van der Waals surface area (Å²) in [6.07, 6.45) is 0. The van der Waals surface area contributed by atoms with Crippen molar-refractivity contribution in [2.75, 3.05) is 21.3 Å². The third kappa shape index (κ3) is 3.17. The monoisotopic (exact) mass is 267 g/mol. The second kappa shape index (κ2) is 5.93. The quantitative estimate of drug-likeness (QED) is 0.854. The van der Waals surface area contributed by atoms with E-state index in [2.05, 4.69) is 0 Å². The molecule has 0 saturated carbocycles. The summed E-state index contributed by atoms with van der Waals surface area (Å²) in [5, 5.41) is 9.22. The van der Waals surface area contributed by atoms with Gasteiger partial charge in [0, 0.05) is 12.1 Å². The van der Waals surface area contributed by atoms with Crippen molar-refractivity contribution in [1.29, 1.82) is 0 Å². The van der Waals surface area contributed by atoms with Crippen LogP contribution in [0.3, 0.4) is 0 Å². The summed E-state index contributed by atoms with van der Waals surface area (Å²) < 4.78 is 10.6. The molecule has 5 heteroatoms. The maximum atomic E-state index is 11.2. The van der Waals surface area contributed by atoms with Crippen LogP contribution in [0.25, 0.3) is 0 Å². The van der Waals surface area contributed by atoms with E-state index < -0.39 is 11.5 Å². The molecule has 0 spiro atoms. The molecule has 1 aromatic rings. The molecule has 0 aromatic heterocycles. The number of likely N-dealkylation sites (N-methyl/N-ethyl adjacent to an activating group) is 1. The number of carboxylic acid groups (broad SMARTS) is 1. The fourth-order valence-electron chi connectivity index (χ4n) is 1.69. The summed E-state index contributed by atoms with van der Waals surface area (Å²) in [4.78, 5) is 13.0. The lowest BCUT2D eigenvalue weighted by Gasteiger charge is -2.31. The van der Waals surface area contributed by atoms with Crippen LogP contribution in [0, 0.1) is 0 Å². The molecule has 1 aromatic carbocycles. The second-order valence-electron chi connectivity index (χ2n) is 4.87. The van der Waals surface area contributed by atoms with Crippen LogP contribution >= 0.6 is 0 Å². The van der Waals surface area contributed by atoms with Crippen molar-refractivity contribution in [2.24, 2.45) is 0 Å². The Hall–Kier alpha value is -1.75. The van der Waals surface area contributed by atoms with Crippen LogP contribution < -0.4 is 9.47 Å². The molecule has 0 aliphatic rings. The van der Waals surface area contributed by atoms with E-state index in [1.54, 1.807) is 40.0 Å². The number of benzene rings is 1. The average Bonchev–Trinajstić information content (AvgIpc) is 2.37. The first-order valence-corrected chi connectivity index (χ1v) is 5.99. The van der Waals surface area contributed by atoms with E-state index in [-0.39, 0.29) is 0 Å². The standard InChI is InChI=1S/C14H21NO4/c1-14(2,13(16)17)15(3)9-10-7-6-8-11(18-4)12(10)19-5/h6-8H,9H2,1-5H3,(H,16,17). The molecule has 0 bridgehead atoms. The molecule has 0 aliphatic carbocycles. The molecule has 1 N–H and O–H groups in total. The third-order valence-electron chi connectivity index (χ3n) is 3.37. The van der Waals surface area contributed by atoms with Crippen LogP contribution in [0.2, 0.25) is 0 Å². The fraction of sp³-hybridized carbons (Fsp3) is 0.500. The predicted molar refractivity (Wildman–Crippen MR) is 72.7 cm³/mol. The van der Waals surface area contributed by atoms with Gasteiger partial charge in [0.05, 0.1) is 14.2 Å². The zero-order valence-corrected chi connectivity index (χ0v) is 12.1. The predicted octanol–water partition coefficient (Wildman–Crippen LogP) is 2.00. The number of ether oxygens (including phenoxy) is 2. The summed E-state index contributed by atoms with van der Waals surface area (Å²) in [7, 11) is 4.92. The summed E-state index contributed by atoms with van der Waals surface area (Å²) in [5.74, 6) is 0.413. The SMILES string of the molecule is COc1cccc(CN(C)C(C)(C)C(=O)O)c1OC. The lowest BCUT2D eigenvalue weighted by Crippen LogP contribution is -2.47. The van der Waals surface area contributed by atoms with Crippen LogP contribution in [0.15, 0.2) is 18.2 Å². The van der Waals surface area contributed by atoms with Crippen molar-refractivity contribution in [3.05, 3.63) is 23.8 Å². The van der Waals surface area contributed by atoms with Gasteiger partial charge in [-0.2, -0.15) is 0 Å². The van der Waals surface area contributed by atoms with Crippen LogP contribution in [0.5, 0.6) is 11.5 Å². The molecule has 0 fully saturated rings. The molecule has 0 radical (unpaired) electrons. The van der Waals surface area contributed by atoms with Crippen molar-refractivity contribution in [1.82, 2.24) is 4.90 Å². The molecule has 0 unspecified atom stereocenters. The molecular weight excluding hydrogens is 246 g/mol. The van der Waals surface area contributed by atoms with Crippen molar-refractivity contribution in [2.45, 2.75) is 25.9 Å². The van der Waals surface area contributed by atoms with Crippen LogP contribution in [0.4, 0.5) is 0 Å². The number of hydrogen-bond donors (Lipinski definition) is 1. The molecule has 0 heterocycles. The molecule has 0 aliphatic heterocycles. The fourth-order valence-corrected chi connectivity index (χ4v) is 1.69. The highest BCUT2D eigenvalue weighted by molar-refractivity contribution is 5.77. The van der Waals surface area contributed by atoms with Gasteiger partial charge in [-0.15, -0.1) is 0 Å². The second-order valence-corrected chi connectivity index (χ2v) is 4.87.